The number of nitrogens with one attached hydrogen (secondary N) is 1. The number of carbonyl (C=O) groups excluding carboxylic acids is 1. The first kappa shape index (κ1) is 18.4. The third-order valence-corrected chi connectivity index (χ3v) is 5.39. The minimum atomic E-state index is -0.481. The second kappa shape index (κ2) is 7.45. The van der Waals surface area contributed by atoms with Gasteiger partial charge in [0, 0.05) is 18.5 Å². The summed E-state index contributed by atoms with van der Waals surface area (Å²) in [4.78, 5) is 23.0. The van der Waals surface area contributed by atoms with Crippen LogP contribution < -0.4 is 5.32 Å². The fourth-order valence-electron chi connectivity index (χ4n) is 2.72. The average Bonchev–Trinajstić information content (AvgIpc) is 3.35. The third-order valence-electron chi connectivity index (χ3n) is 4.42. The summed E-state index contributed by atoms with van der Waals surface area (Å²) in [6.45, 7) is 6.44. The van der Waals surface area contributed by atoms with Crippen molar-refractivity contribution in [2.24, 2.45) is 0 Å². The Labute approximate surface area is 155 Å². The topological polar surface area (TPSA) is 103 Å². The van der Waals surface area contributed by atoms with Gasteiger partial charge in [0.2, 0.25) is 5.91 Å². The number of aromatic nitrogens is 3. The summed E-state index contributed by atoms with van der Waals surface area (Å²) in [6.07, 6.45) is 2.28. The molecule has 1 aromatic carbocycles. The number of hydrogen-bond acceptors (Lipinski definition) is 6. The van der Waals surface area contributed by atoms with E-state index in [0.717, 1.165) is 36.3 Å². The first-order valence-corrected chi connectivity index (χ1v) is 9.50. The van der Waals surface area contributed by atoms with Gasteiger partial charge in [0.15, 0.2) is 5.16 Å². The van der Waals surface area contributed by atoms with E-state index in [2.05, 4.69) is 15.5 Å². The molecule has 1 amide bonds. The summed E-state index contributed by atoms with van der Waals surface area (Å²) in [5.41, 5.74) is 1.82. The molecule has 1 heterocycles. The first-order chi connectivity index (χ1) is 12.4. The van der Waals surface area contributed by atoms with Gasteiger partial charge in [-0.3, -0.25) is 14.9 Å². The number of nitrogens with zero attached hydrogens (tertiary/aromatic N) is 4. The van der Waals surface area contributed by atoms with Gasteiger partial charge in [-0.15, -0.1) is 10.2 Å². The van der Waals surface area contributed by atoms with Crippen LogP contribution in [0.5, 0.6) is 0 Å². The Bertz CT molecular complexity index is 860. The van der Waals surface area contributed by atoms with E-state index < -0.39 is 4.92 Å². The minimum absolute atomic E-state index is 0.0980. The zero-order valence-corrected chi connectivity index (χ0v) is 15.8. The van der Waals surface area contributed by atoms with Crippen LogP contribution in [0.1, 0.15) is 42.6 Å². The molecule has 0 spiro atoms. The molecule has 9 heteroatoms. The van der Waals surface area contributed by atoms with Gasteiger partial charge in [0.05, 0.1) is 10.7 Å². The summed E-state index contributed by atoms with van der Waals surface area (Å²) in [5.74, 6) is 1.29. The van der Waals surface area contributed by atoms with E-state index in [1.807, 2.05) is 18.4 Å². The average molecular weight is 375 g/mol. The lowest BCUT2D eigenvalue weighted by Gasteiger charge is -2.09. The highest BCUT2D eigenvalue weighted by Gasteiger charge is 2.30. The molecule has 2 aromatic rings. The predicted octanol–water partition coefficient (Wildman–Crippen LogP) is 3.43. The van der Waals surface area contributed by atoms with Crippen LogP contribution >= 0.6 is 11.8 Å². The molecular weight excluding hydrogens is 354 g/mol. The number of benzene rings is 1. The maximum Gasteiger partial charge on any atom is 0.293 e. The smallest absolute Gasteiger partial charge is 0.293 e. The molecule has 1 aliphatic carbocycles. The van der Waals surface area contributed by atoms with E-state index in [-0.39, 0.29) is 23.0 Å². The lowest BCUT2D eigenvalue weighted by molar-refractivity contribution is -0.384. The summed E-state index contributed by atoms with van der Waals surface area (Å²) in [7, 11) is 0. The Morgan fingerprint density at radius 3 is 2.65 bits per heavy atom. The Balaban J connectivity index is 1.68. The van der Waals surface area contributed by atoms with Crippen LogP contribution in [-0.2, 0) is 11.3 Å². The van der Waals surface area contributed by atoms with Crippen molar-refractivity contribution in [3.63, 3.8) is 0 Å². The number of thioether (sulfide) groups is 1. The fourth-order valence-corrected chi connectivity index (χ4v) is 3.53. The van der Waals surface area contributed by atoms with Gasteiger partial charge >= 0.3 is 0 Å². The number of nitro groups is 1. The number of carbonyl (C=O) groups is 1. The molecular formula is C17H21N5O3S. The number of rotatable bonds is 7. The largest absolute Gasteiger partial charge is 0.320 e. The molecule has 1 aliphatic rings. The maximum absolute atomic E-state index is 12.3. The molecule has 8 nitrogen and oxygen atoms in total. The van der Waals surface area contributed by atoms with E-state index in [1.54, 1.807) is 13.0 Å². The van der Waals surface area contributed by atoms with Crippen molar-refractivity contribution < 1.29 is 9.72 Å². The number of anilines is 1. The molecule has 1 N–H and O–H groups in total. The molecule has 1 fully saturated rings. The van der Waals surface area contributed by atoms with Crippen molar-refractivity contribution >= 4 is 29.0 Å². The van der Waals surface area contributed by atoms with Gasteiger partial charge in [-0.05, 0) is 50.8 Å². The van der Waals surface area contributed by atoms with Gasteiger partial charge in [-0.1, -0.05) is 11.8 Å². The van der Waals surface area contributed by atoms with Gasteiger partial charge in [0.1, 0.15) is 11.5 Å². The Morgan fingerprint density at radius 2 is 2.04 bits per heavy atom. The van der Waals surface area contributed by atoms with E-state index >= 15 is 0 Å². The third kappa shape index (κ3) is 3.87. The molecule has 1 saturated carbocycles. The Hall–Kier alpha value is -2.42. The van der Waals surface area contributed by atoms with E-state index in [1.165, 1.54) is 17.8 Å². The van der Waals surface area contributed by atoms with E-state index in [0.29, 0.717) is 11.1 Å². The number of nitro benzene ring substituents is 1. The molecule has 26 heavy (non-hydrogen) atoms. The van der Waals surface area contributed by atoms with Crippen LogP contribution in [-0.4, -0.2) is 31.3 Å². The standard InChI is InChI=1S/C17H21N5O3S/c1-4-21-16(12-5-6-12)19-20-17(21)26-9-15(23)18-13-7-10(2)11(3)8-14(13)22(24)25/h7-8,12H,4-6,9H2,1-3H3,(H,18,23). The van der Waals surface area contributed by atoms with Crippen LogP contribution in [0.2, 0.25) is 0 Å². The van der Waals surface area contributed by atoms with E-state index in [4.69, 9.17) is 0 Å². The summed E-state index contributed by atoms with van der Waals surface area (Å²) < 4.78 is 2.04. The van der Waals surface area contributed by atoms with Gasteiger partial charge in [-0.25, -0.2) is 0 Å². The zero-order valence-electron chi connectivity index (χ0n) is 15.0. The molecule has 0 atom stereocenters. The second-order valence-electron chi connectivity index (χ2n) is 6.41. The molecule has 0 saturated heterocycles. The van der Waals surface area contributed by atoms with Crippen LogP contribution in [0.3, 0.4) is 0 Å². The monoisotopic (exact) mass is 375 g/mol. The van der Waals surface area contributed by atoms with Crippen LogP contribution in [0.4, 0.5) is 11.4 Å². The quantitative estimate of drug-likeness (QED) is 0.452. The molecule has 138 valence electrons. The maximum atomic E-state index is 12.3. The van der Waals surface area contributed by atoms with Crippen molar-refractivity contribution in [2.45, 2.75) is 51.2 Å². The molecule has 0 unspecified atom stereocenters. The molecule has 0 bridgehead atoms. The lowest BCUT2D eigenvalue weighted by atomic mass is 10.1. The molecule has 1 aromatic heterocycles. The Morgan fingerprint density at radius 1 is 1.35 bits per heavy atom. The highest BCUT2D eigenvalue weighted by atomic mass is 32.2. The van der Waals surface area contributed by atoms with Crippen molar-refractivity contribution in [2.75, 3.05) is 11.1 Å². The normalized spacial score (nSPS) is 13.7. The van der Waals surface area contributed by atoms with Crippen LogP contribution in [0.15, 0.2) is 17.3 Å². The minimum Gasteiger partial charge on any atom is -0.320 e. The number of hydrogen-bond donors (Lipinski definition) is 1. The Kier molecular flexibility index (Phi) is 5.26. The van der Waals surface area contributed by atoms with Crippen molar-refractivity contribution in [1.29, 1.82) is 0 Å². The highest BCUT2D eigenvalue weighted by molar-refractivity contribution is 7.99. The van der Waals surface area contributed by atoms with Gasteiger partial charge < -0.3 is 9.88 Å². The zero-order chi connectivity index (χ0) is 18.8. The molecule has 0 radical (unpaired) electrons. The SMILES string of the molecule is CCn1c(SCC(=O)Nc2cc(C)c(C)cc2[N+](=O)[O-])nnc1C1CC1. The van der Waals surface area contributed by atoms with E-state index in [9.17, 15) is 14.9 Å². The van der Waals surface area contributed by atoms with Crippen LogP contribution in [0.25, 0.3) is 0 Å². The lowest BCUT2D eigenvalue weighted by Crippen LogP contribution is -2.16. The summed E-state index contributed by atoms with van der Waals surface area (Å²) in [5, 5.41) is 23.0. The molecule has 3 rings (SSSR count). The summed E-state index contributed by atoms with van der Waals surface area (Å²) >= 11 is 1.29. The number of amides is 1. The van der Waals surface area contributed by atoms with Crippen molar-refractivity contribution in [3.05, 3.63) is 39.2 Å². The molecule has 0 aliphatic heterocycles. The predicted molar refractivity (Wildman–Crippen MR) is 99.6 cm³/mol. The van der Waals surface area contributed by atoms with Crippen molar-refractivity contribution in [1.82, 2.24) is 14.8 Å². The van der Waals surface area contributed by atoms with Gasteiger partial charge in [-0.2, -0.15) is 0 Å². The highest BCUT2D eigenvalue weighted by Crippen LogP contribution is 2.40. The summed E-state index contributed by atoms with van der Waals surface area (Å²) in [6, 6.07) is 3.11. The van der Waals surface area contributed by atoms with Crippen LogP contribution in [0, 0.1) is 24.0 Å². The first-order valence-electron chi connectivity index (χ1n) is 8.52. The fraction of sp³-hybridized carbons (Fsp3) is 0.471. The number of aryl methyl sites for hydroxylation is 2. The second-order valence-corrected chi connectivity index (χ2v) is 7.35. The van der Waals surface area contributed by atoms with Crippen molar-refractivity contribution in [3.8, 4) is 0 Å². The van der Waals surface area contributed by atoms with Gasteiger partial charge in [0.25, 0.3) is 5.69 Å².